The summed E-state index contributed by atoms with van der Waals surface area (Å²) < 4.78 is 5.57. The van der Waals surface area contributed by atoms with Gasteiger partial charge in [-0.3, -0.25) is 9.78 Å². The Labute approximate surface area is 210 Å². The fraction of sp³-hybridized carbons (Fsp3) is 0.407. The van der Waals surface area contributed by atoms with E-state index in [4.69, 9.17) is 16.3 Å². The highest BCUT2D eigenvalue weighted by Gasteiger charge is 2.41. The first-order valence-electron chi connectivity index (χ1n) is 11.8. The third-order valence-corrected chi connectivity index (χ3v) is 6.92. The minimum absolute atomic E-state index is 0.0536. The molecule has 3 aromatic rings. The fourth-order valence-electron chi connectivity index (χ4n) is 4.44. The van der Waals surface area contributed by atoms with Crippen molar-refractivity contribution in [1.29, 1.82) is 0 Å². The maximum absolute atomic E-state index is 12.8. The van der Waals surface area contributed by atoms with Gasteiger partial charge in [-0.05, 0) is 60.4 Å². The molecule has 0 atom stereocenters. The molecule has 4 rings (SSSR count). The third kappa shape index (κ3) is 5.46. The van der Waals surface area contributed by atoms with E-state index in [1.165, 1.54) is 0 Å². The molecule has 0 radical (unpaired) electrons. The van der Waals surface area contributed by atoms with Crippen LogP contribution >= 0.6 is 11.6 Å². The molecule has 1 amide bonds. The molecule has 1 heterocycles. The molecule has 1 aliphatic rings. The highest BCUT2D eigenvalue weighted by atomic mass is 35.5. The van der Waals surface area contributed by atoms with E-state index >= 15 is 0 Å². The lowest BCUT2D eigenvalue weighted by molar-refractivity contribution is -0.142. The summed E-state index contributed by atoms with van der Waals surface area (Å²) in [5.41, 5.74) is 1.96. The number of ether oxygens (including phenoxy) is 1. The summed E-state index contributed by atoms with van der Waals surface area (Å²) in [6.07, 6.45) is 3.41. The molecule has 0 unspecified atom stereocenters. The maximum atomic E-state index is 12.8. The molecule has 7 nitrogen and oxygen atoms in total. The number of hydrogen-bond donors (Lipinski definition) is 2. The molecule has 2 aromatic carbocycles. The summed E-state index contributed by atoms with van der Waals surface area (Å²) in [5.74, 6) is 0.543. The lowest BCUT2D eigenvalue weighted by Crippen LogP contribution is -2.45. The molecule has 184 valence electrons. The molecule has 0 saturated heterocycles. The molecular weight excluding hydrogens is 464 g/mol. The largest absolute Gasteiger partial charge is 0.368 e. The maximum Gasteiger partial charge on any atom is 0.348 e. The van der Waals surface area contributed by atoms with Gasteiger partial charge in [-0.1, -0.05) is 56.6 Å². The molecule has 2 N–H and O–H groups in total. The summed E-state index contributed by atoms with van der Waals surface area (Å²) in [7, 11) is 1.59. The van der Waals surface area contributed by atoms with Crippen LogP contribution in [0.4, 0.5) is 0 Å². The number of nitrogens with zero attached hydrogens (tertiary/aromatic N) is 2. The van der Waals surface area contributed by atoms with E-state index in [1.807, 2.05) is 36.4 Å². The smallest absolute Gasteiger partial charge is 0.348 e. The zero-order valence-corrected chi connectivity index (χ0v) is 21.3. The van der Waals surface area contributed by atoms with Crippen LogP contribution in [0.5, 0.6) is 0 Å². The number of aromatic amines is 1. The molecule has 0 spiro atoms. The highest BCUT2D eigenvalue weighted by Crippen LogP contribution is 2.33. The summed E-state index contributed by atoms with van der Waals surface area (Å²) in [6.45, 7) is 6.69. The van der Waals surface area contributed by atoms with Crippen molar-refractivity contribution >= 4 is 17.5 Å². The first-order valence-corrected chi connectivity index (χ1v) is 12.2. The first kappa shape index (κ1) is 25.1. The Balaban J connectivity index is 1.62. The molecule has 0 bridgehead atoms. The van der Waals surface area contributed by atoms with Gasteiger partial charge in [-0.15, -0.1) is 0 Å². The SMILES string of the molecule is COC1(C(=O)NCc2ccc(Cl)c(-c3nc(-c4cccc(C(C)(C)C)c4)nc(=O)[nH]3)c2)CCCC1. The van der Waals surface area contributed by atoms with E-state index in [0.717, 1.165) is 42.4 Å². The lowest BCUT2D eigenvalue weighted by atomic mass is 9.86. The van der Waals surface area contributed by atoms with E-state index in [1.54, 1.807) is 13.2 Å². The molecular formula is C27H31ClN4O3. The van der Waals surface area contributed by atoms with Gasteiger partial charge in [0.25, 0.3) is 5.91 Å². The van der Waals surface area contributed by atoms with Crippen molar-refractivity contribution in [1.82, 2.24) is 20.3 Å². The molecule has 1 aliphatic carbocycles. The van der Waals surface area contributed by atoms with Crippen LogP contribution < -0.4 is 11.0 Å². The second-order valence-corrected chi connectivity index (χ2v) is 10.5. The number of halogens is 1. The predicted octanol–water partition coefficient (Wildman–Crippen LogP) is 5.03. The Morgan fingerprint density at radius 3 is 2.57 bits per heavy atom. The number of benzene rings is 2. The summed E-state index contributed by atoms with van der Waals surface area (Å²) in [5, 5.41) is 3.43. The number of rotatable bonds is 6. The Hall–Kier alpha value is -3.03. The molecule has 8 heteroatoms. The topological polar surface area (TPSA) is 97.0 Å². The number of nitrogens with one attached hydrogen (secondary N) is 2. The van der Waals surface area contributed by atoms with E-state index < -0.39 is 11.3 Å². The van der Waals surface area contributed by atoms with Gasteiger partial charge in [0.05, 0.1) is 5.02 Å². The van der Waals surface area contributed by atoms with Crippen LogP contribution in [0.15, 0.2) is 47.3 Å². The van der Waals surface area contributed by atoms with E-state index in [2.05, 4.69) is 41.0 Å². The number of carbonyl (C=O) groups is 1. The fourth-order valence-corrected chi connectivity index (χ4v) is 4.65. The van der Waals surface area contributed by atoms with E-state index in [-0.39, 0.29) is 11.3 Å². The minimum Gasteiger partial charge on any atom is -0.368 e. The van der Waals surface area contributed by atoms with Gasteiger partial charge < -0.3 is 10.1 Å². The van der Waals surface area contributed by atoms with Crippen LogP contribution in [0.2, 0.25) is 5.02 Å². The van der Waals surface area contributed by atoms with Crippen LogP contribution in [-0.2, 0) is 21.5 Å². The second-order valence-electron chi connectivity index (χ2n) is 10.1. The average Bonchev–Trinajstić information content (AvgIpc) is 3.33. The molecule has 1 fully saturated rings. The normalized spacial score (nSPS) is 15.2. The standard InChI is InChI=1S/C27H31ClN4O3/c1-26(2,3)19-9-7-8-18(15-19)22-30-23(32-25(34)31-22)20-14-17(10-11-21(20)28)16-29-24(33)27(35-4)12-5-6-13-27/h7-11,14-15H,5-6,12-13,16H2,1-4H3,(H,29,33)(H,30,31,32,34). The quantitative estimate of drug-likeness (QED) is 0.501. The van der Waals surface area contributed by atoms with Crippen molar-refractivity contribution in [3.8, 4) is 22.8 Å². The Bertz CT molecular complexity index is 1290. The molecule has 1 saturated carbocycles. The first-order chi connectivity index (χ1) is 16.6. The molecule has 0 aliphatic heterocycles. The second kappa shape index (κ2) is 9.91. The van der Waals surface area contributed by atoms with Gasteiger partial charge in [-0.25, -0.2) is 9.78 Å². The number of carbonyl (C=O) groups excluding carboxylic acids is 1. The number of hydrogen-bond acceptors (Lipinski definition) is 5. The van der Waals surface area contributed by atoms with Crippen LogP contribution in [0.3, 0.4) is 0 Å². The summed E-state index contributed by atoms with van der Waals surface area (Å²) >= 11 is 6.49. The van der Waals surface area contributed by atoms with Crippen LogP contribution in [0.25, 0.3) is 22.8 Å². The van der Waals surface area contributed by atoms with Gasteiger partial charge in [0.1, 0.15) is 11.4 Å². The summed E-state index contributed by atoms with van der Waals surface area (Å²) in [4.78, 5) is 36.7. The van der Waals surface area contributed by atoms with Crippen molar-refractivity contribution < 1.29 is 9.53 Å². The lowest BCUT2D eigenvalue weighted by Gasteiger charge is -2.26. The number of methoxy groups -OCH3 is 1. The van der Waals surface area contributed by atoms with Crippen molar-refractivity contribution in [2.45, 2.75) is 64.0 Å². The summed E-state index contributed by atoms with van der Waals surface area (Å²) in [6, 6.07) is 13.3. The van der Waals surface area contributed by atoms with Crippen LogP contribution in [-0.4, -0.2) is 33.6 Å². The van der Waals surface area contributed by atoms with Crippen molar-refractivity contribution in [3.05, 3.63) is 69.1 Å². The minimum atomic E-state index is -0.746. The van der Waals surface area contributed by atoms with Gasteiger partial charge >= 0.3 is 5.69 Å². The highest BCUT2D eigenvalue weighted by molar-refractivity contribution is 6.33. The number of aromatic nitrogens is 3. The zero-order valence-electron chi connectivity index (χ0n) is 20.6. The third-order valence-electron chi connectivity index (χ3n) is 6.59. The van der Waals surface area contributed by atoms with Gasteiger partial charge in [-0.2, -0.15) is 4.98 Å². The van der Waals surface area contributed by atoms with Crippen molar-refractivity contribution in [2.75, 3.05) is 7.11 Å². The zero-order chi connectivity index (χ0) is 25.2. The number of H-pyrrole nitrogens is 1. The van der Waals surface area contributed by atoms with Crippen molar-refractivity contribution in [2.24, 2.45) is 0 Å². The Morgan fingerprint density at radius 2 is 1.89 bits per heavy atom. The average molecular weight is 495 g/mol. The van der Waals surface area contributed by atoms with E-state index in [0.29, 0.717) is 28.8 Å². The molecule has 35 heavy (non-hydrogen) atoms. The van der Waals surface area contributed by atoms with Crippen LogP contribution in [0, 0.1) is 0 Å². The van der Waals surface area contributed by atoms with E-state index in [9.17, 15) is 9.59 Å². The number of amides is 1. The predicted molar refractivity (Wildman–Crippen MR) is 137 cm³/mol. The van der Waals surface area contributed by atoms with Gasteiger partial charge in [0, 0.05) is 24.8 Å². The van der Waals surface area contributed by atoms with Crippen molar-refractivity contribution in [3.63, 3.8) is 0 Å². The Kier molecular flexibility index (Phi) is 7.10. The monoisotopic (exact) mass is 494 g/mol. The Morgan fingerprint density at radius 1 is 1.14 bits per heavy atom. The van der Waals surface area contributed by atoms with Gasteiger partial charge in [0.15, 0.2) is 5.82 Å². The molecule has 1 aromatic heterocycles. The van der Waals surface area contributed by atoms with Crippen LogP contribution in [0.1, 0.15) is 57.6 Å². The van der Waals surface area contributed by atoms with Gasteiger partial charge in [0.2, 0.25) is 0 Å².